The third-order valence-corrected chi connectivity index (χ3v) is 2.88. The molecule has 4 nitrogen and oxygen atoms in total. The molecule has 0 saturated heterocycles. The maximum absolute atomic E-state index is 12.1. The Balaban J connectivity index is 2.17. The van der Waals surface area contributed by atoms with Crippen molar-refractivity contribution in [1.82, 2.24) is 9.97 Å². The van der Waals surface area contributed by atoms with Crippen LogP contribution in [0.5, 0.6) is 5.75 Å². The number of nitrogens with one attached hydrogen (secondary N) is 1. The molecule has 1 N–H and O–H groups in total. The summed E-state index contributed by atoms with van der Waals surface area (Å²) in [6.07, 6.45) is 0.459. The van der Waals surface area contributed by atoms with Crippen LogP contribution in [-0.4, -0.2) is 22.9 Å². The molecule has 0 radical (unpaired) electrons. The van der Waals surface area contributed by atoms with Gasteiger partial charge in [0.25, 0.3) is 0 Å². The van der Waals surface area contributed by atoms with Crippen LogP contribution in [0.25, 0.3) is 11.3 Å². The molecule has 0 fully saturated rings. The van der Waals surface area contributed by atoms with Crippen molar-refractivity contribution in [3.05, 3.63) is 36.7 Å². The van der Waals surface area contributed by atoms with E-state index in [9.17, 15) is 13.2 Å². The highest BCUT2D eigenvalue weighted by atomic mass is 19.4. The van der Waals surface area contributed by atoms with Crippen LogP contribution in [0.3, 0.4) is 0 Å². The van der Waals surface area contributed by atoms with E-state index in [1.165, 1.54) is 24.3 Å². The molecule has 7 heteroatoms. The molecule has 1 aromatic carbocycles. The fourth-order valence-electron chi connectivity index (χ4n) is 1.88. The molecule has 0 atom stereocenters. The number of nitrogens with zero attached hydrogens (tertiary/aromatic N) is 2. The van der Waals surface area contributed by atoms with E-state index in [0.717, 1.165) is 19.4 Å². The molecule has 2 rings (SSSR count). The van der Waals surface area contributed by atoms with E-state index in [1.54, 1.807) is 12.4 Å². The molecule has 0 unspecified atom stereocenters. The minimum Gasteiger partial charge on any atom is -0.406 e. The molecular weight excluding hydrogens is 295 g/mol. The van der Waals surface area contributed by atoms with Crippen molar-refractivity contribution in [2.75, 3.05) is 11.9 Å². The van der Waals surface area contributed by atoms with Gasteiger partial charge in [-0.1, -0.05) is 13.3 Å². The van der Waals surface area contributed by atoms with Crippen LogP contribution in [0.2, 0.25) is 0 Å². The number of hydrogen-bond donors (Lipinski definition) is 1. The Kier molecular flexibility index (Phi) is 5.19. The first-order valence-electron chi connectivity index (χ1n) is 6.90. The number of hydrogen-bond acceptors (Lipinski definition) is 4. The van der Waals surface area contributed by atoms with E-state index >= 15 is 0 Å². The molecular formula is C15H16F3N3O. The lowest BCUT2D eigenvalue weighted by atomic mass is 10.1. The number of anilines is 1. The van der Waals surface area contributed by atoms with Gasteiger partial charge in [-0.05, 0) is 30.7 Å². The lowest BCUT2D eigenvalue weighted by molar-refractivity contribution is -0.274. The van der Waals surface area contributed by atoms with Crippen molar-refractivity contribution in [2.24, 2.45) is 0 Å². The van der Waals surface area contributed by atoms with Gasteiger partial charge in [-0.15, -0.1) is 13.2 Å². The van der Waals surface area contributed by atoms with Gasteiger partial charge >= 0.3 is 6.36 Å². The predicted molar refractivity (Wildman–Crippen MR) is 77.5 cm³/mol. The minimum absolute atomic E-state index is 0.263. The van der Waals surface area contributed by atoms with Crippen molar-refractivity contribution in [3.8, 4) is 17.0 Å². The summed E-state index contributed by atoms with van der Waals surface area (Å²) in [4.78, 5) is 8.47. The number of ether oxygens (including phenoxy) is 1. The molecule has 2 aromatic rings. The predicted octanol–water partition coefficient (Wildman–Crippen LogP) is 4.25. The summed E-state index contributed by atoms with van der Waals surface area (Å²) in [5.74, 6) is 0.348. The summed E-state index contributed by atoms with van der Waals surface area (Å²) >= 11 is 0. The monoisotopic (exact) mass is 311 g/mol. The molecule has 0 saturated carbocycles. The lowest BCUT2D eigenvalue weighted by Crippen LogP contribution is -2.16. The van der Waals surface area contributed by atoms with Gasteiger partial charge in [-0.2, -0.15) is 0 Å². The average molecular weight is 311 g/mol. The maximum Gasteiger partial charge on any atom is 0.573 e. The molecule has 0 aliphatic heterocycles. The molecule has 0 bridgehead atoms. The summed E-state index contributed by atoms with van der Waals surface area (Å²) in [6.45, 7) is 2.84. The highest BCUT2D eigenvalue weighted by Crippen LogP contribution is 2.28. The van der Waals surface area contributed by atoms with Crippen LogP contribution in [0.4, 0.5) is 19.0 Å². The van der Waals surface area contributed by atoms with Gasteiger partial charge in [0.05, 0.1) is 0 Å². The number of halogens is 3. The molecule has 0 spiro atoms. The smallest absolute Gasteiger partial charge is 0.406 e. The van der Waals surface area contributed by atoms with Gasteiger partial charge in [-0.3, -0.25) is 4.98 Å². The number of benzene rings is 1. The fraction of sp³-hybridized carbons (Fsp3) is 0.333. The third kappa shape index (κ3) is 4.61. The molecule has 1 aromatic heterocycles. The van der Waals surface area contributed by atoms with Gasteiger partial charge < -0.3 is 10.1 Å². The van der Waals surface area contributed by atoms with E-state index in [2.05, 4.69) is 26.9 Å². The average Bonchev–Trinajstić information content (AvgIpc) is 2.47. The summed E-state index contributed by atoms with van der Waals surface area (Å²) in [7, 11) is 0. The normalized spacial score (nSPS) is 11.3. The zero-order valence-electron chi connectivity index (χ0n) is 12.0. The quantitative estimate of drug-likeness (QED) is 0.810. The van der Waals surface area contributed by atoms with Crippen LogP contribution in [-0.2, 0) is 0 Å². The van der Waals surface area contributed by atoms with E-state index in [1.807, 2.05) is 0 Å². The van der Waals surface area contributed by atoms with Crippen LogP contribution in [0, 0.1) is 0 Å². The van der Waals surface area contributed by atoms with Crippen molar-refractivity contribution in [2.45, 2.75) is 26.1 Å². The van der Waals surface area contributed by atoms with Gasteiger partial charge in [0.2, 0.25) is 0 Å². The van der Waals surface area contributed by atoms with Crippen molar-refractivity contribution in [3.63, 3.8) is 0 Å². The van der Waals surface area contributed by atoms with Crippen LogP contribution >= 0.6 is 0 Å². The zero-order valence-corrected chi connectivity index (χ0v) is 12.0. The van der Waals surface area contributed by atoms with Crippen LogP contribution in [0.1, 0.15) is 19.8 Å². The SMILES string of the molecule is CCCCNc1nccnc1-c1ccc(OC(F)(F)F)cc1. The summed E-state index contributed by atoms with van der Waals surface area (Å²) < 4.78 is 40.3. The lowest BCUT2D eigenvalue weighted by Gasteiger charge is -2.11. The first-order chi connectivity index (χ1) is 10.5. The summed E-state index contributed by atoms with van der Waals surface area (Å²) in [5.41, 5.74) is 1.26. The molecule has 0 amide bonds. The van der Waals surface area contributed by atoms with Crippen LogP contribution in [0.15, 0.2) is 36.7 Å². The van der Waals surface area contributed by atoms with E-state index in [0.29, 0.717) is 17.1 Å². The molecule has 0 aliphatic rings. The van der Waals surface area contributed by atoms with Gasteiger partial charge in [-0.25, -0.2) is 4.98 Å². The Hall–Kier alpha value is -2.31. The van der Waals surface area contributed by atoms with Crippen LogP contribution < -0.4 is 10.1 Å². The first kappa shape index (κ1) is 16.1. The summed E-state index contributed by atoms with van der Waals surface area (Å²) in [5, 5.41) is 3.18. The Morgan fingerprint density at radius 1 is 1.09 bits per heavy atom. The Morgan fingerprint density at radius 2 is 1.77 bits per heavy atom. The Morgan fingerprint density at radius 3 is 2.41 bits per heavy atom. The maximum atomic E-state index is 12.1. The number of alkyl halides is 3. The first-order valence-corrected chi connectivity index (χ1v) is 6.90. The van der Waals surface area contributed by atoms with E-state index < -0.39 is 6.36 Å². The molecule has 1 heterocycles. The minimum atomic E-state index is -4.69. The Bertz CT molecular complexity index is 600. The molecule has 0 aliphatic carbocycles. The number of aromatic nitrogens is 2. The largest absolute Gasteiger partial charge is 0.573 e. The van der Waals surface area contributed by atoms with Crippen molar-refractivity contribution in [1.29, 1.82) is 0 Å². The standard InChI is InChI=1S/C15H16F3N3O/c1-2-3-8-20-14-13(19-9-10-21-14)11-4-6-12(7-5-11)22-15(16,17)18/h4-7,9-10H,2-3,8H2,1H3,(H,20,21). The van der Waals surface area contributed by atoms with Gasteiger partial charge in [0.15, 0.2) is 5.82 Å². The third-order valence-electron chi connectivity index (χ3n) is 2.88. The number of unbranched alkanes of at least 4 members (excludes halogenated alkanes) is 1. The van der Waals surface area contributed by atoms with E-state index in [-0.39, 0.29) is 5.75 Å². The second-order valence-electron chi connectivity index (χ2n) is 4.61. The van der Waals surface area contributed by atoms with Gasteiger partial charge in [0.1, 0.15) is 11.4 Å². The molecule has 22 heavy (non-hydrogen) atoms. The van der Waals surface area contributed by atoms with Crippen molar-refractivity contribution >= 4 is 5.82 Å². The second kappa shape index (κ2) is 7.11. The summed E-state index contributed by atoms with van der Waals surface area (Å²) in [6, 6.07) is 5.56. The number of rotatable bonds is 6. The fourth-order valence-corrected chi connectivity index (χ4v) is 1.88. The van der Waals surface area contributed by atoms with E-state index in [4.69, 9.17) is 0 Å². The van der Waals surface area contributed by atoms with Gasteiger partial charge in [0, 0.05) is 24.5 Å². The topological polar surface area (TPSA) is 47.0 Å². The highest BCUT2D eigenvalue weighted by Gasteiger charge is 2.31. The zero-order chi connectivity index (χ0) is 16.0. The highest BCUT2D eigenvalue weighted by molar-refractivity contribution is 5.71. The Labute approximate surface area is 126 Å². The second-order valence-corrected chi connectivity index (χ2v) is 4.61. The molecule has 118 valence electrons. The van der Waals surface area contributed by atoms with Crippen molar-refractivity contribution < 1.29 is 17.9 Å².